The van der Waals surface area contributed by atoms with Gasteiger partial charge in [-0.1, -0.05) is 6.42 Å². The van der Waals surface area contributed by atoms with Gasteiger partial charge in [-0.05, 0) is 68.1 Å². The second kappa shape index (κ2) is 9.19. The van der Waals surface area contributed by atoms with Crippen molar-refractivity contribution >= 4 is 21.6 Å². The van der Waals surface area contributed by atoms with E-state index in [1.165, 1.54) is 25.7 Å². The fourth-order valence-corrected chi connectivity index (χ4v) is 5.62. The van der Waals surface area contributed by atoms with E-state index in [4.69, 9.17) is 4.74 Å². The van der Waals surface area contributed by atoms with Crippen LogP contribution < -0.4 is 14.8 Å². The third-order valence-corrected chi connectivity index (χ3v) is 7.67. The molecule has 2 N–H and O–H groups in total. The number of fused-ring (bicyclic) bond motifs is 1. The van der Waals surface area contributed by atoms with Crippen LogP contribution in [0.4, 0.5) is 5.69 Å². The lowest BCUT2D eigenvalue weighted by Crippen LogP contribution is -2.26. The van der Waals surface area contributed by atoms with Crippen LogP contribution in [0.3, 0.4) is 0 Å². The van der Waals surface area contributed by atoms with E-state index in [-0.39, 0.29) is 22.3 Å². The van der Waals surface area contributed by atoms with E-state index in [0.29, 0.717) is 5.69 Å². The Morgan fingerprint density at radius 2 is 1.85 bits per heavy atom. The molecule has 2 heterocycles. The van der Waals surface area contributed by atoms with Crippen molar-refractivity contribution in [3.8, 4) is 17.1 Å². The summed E-state index contributed by atoms with van der Waals surface area (Å²) in [6.45, 7) is 0.911. The second-order valence-electron chi connectivity index (χ2n) is 8.69. The average Bonchev–Trinajstić information content (AvgIpc) is 3.61. The van der Waals surface area contributed by atoms with Crippen molar-refractivity contribution in [2.45, 2.75) is 56.0 Å². The molecule has 2 aliphatic rings. The topological polar surface area (TPSA) is 115 Å². The number of carbonyl (C=O) groups excluding carboxylic acids is 1. The van der Waals surface area contributed by atoms with Gasteiger partial charge in [0.1, 0.15) is 16.5 Å². The zero-order valence-corrected chi connectivity index (χ0v) is 19.8. The number of aromatic nitrogens is 3. The molecule has 1 aliphatic carbocycles. The van der Waals surface area contributed by atoms with Crippen molar-refractivity contribution in [2.75, 3.05) is 12.4 Å². The van der Waals surface area contributed by atoms with Crippen LogP contribution in [0.1, 0.15) is 48.3 Å². The number of rotatable bonds is 7. The number of anilines is 1. The highest BCUT2D eigenvalue weighted by atomic mass is 32.2. The Morgan fingerprint density at radius 3 is 2.59 bits per heavy atom. The first kappa shape index (κ1) is 22.5. The van der Waals surface area contributed by atoms with E-state index in [0.717, 1.165) is 55.9 Å². The second-order valence-corrected chi connectivity index (χ2v) is 10.4. The van der Waals surface area contributed by atoms with Crippen molar-refractivity contribution in [1.29, 1.82) is 0 Å². The van der Waals surface area contributed by atoms with Crippen LogP contribution in [0.25, 0.3) is 11.4 Å². The standard InChI is InChI=1S/C24H27N5O4S/c1-33-20-13-8-17(15-21(20)34(31,32)28-19-11-12-19)24(30)25-18-9-6-16(7-10-18)23-27-26-22-5-3-2-4-14-29(22)23/h6-10,13,15,19,28H,2-5,11-12,14H2,1H3,(H,25,30). The number of hydrogen-bond acceptors (Lipinski definition) is 6. The van der Waals surface area contributed by atoms with E-state index < -0.39 is 15.9 Å². The molecule has 1 aromatic heterocycles. The van der Waals surface area contributed by atoms with E-state index in [2.05, 4.69) is 24.8 Å². The lowest BCUT2D eigenvalue weighted by atomic mass is 10.1. The molecule has 3 aromatic rings. The van der Waals surface area contributed by atoms with Crippen molar-refractivity contribution in [2.24, 2.45) is 0 Å². The molecule has 0 saturated heterocycles. The SMILES string of the molecule is COc1ccc(C(=O)Nc2ccc(-c3nnc4n3CCCCC4)cc2)cc1S(=O)(=O)NC1CC1. The minimum absolute atomic E-state index is 0.0441. The number of sulfonamides is 1. The molecule has 1 fully saturated rings. The zero-order valence-electron chi connectivity index (χ0n) is 19.0. The van der Waals surface area contributed by atoms with Crippen LogP contribution in [-0.2, 0) is 23.0 Å². The number of benzene rings is 2. The summed E-state index contributed by atoms with van der Waals surface area (Å²) in [4.78, 5) is 12.8. The zero-order chi connectivity index (χ0) is 23.7. The summed E-state index contributed by atoms with van der Waals surface area (Å²) in [6.07, 6.45) is 6.01. The average molecular weight is 482 g/mol. The number of nitrogens with zero attached hydrogens (tertiary/aromatic N) is 3. The monoisotopic (exact) mass is 481 g/mol. The van der Waals surface area contributed by atoms with Crippen molar-refractivity contribution in [3.63, 3.8) is 0 Å². The Balaban J connectivity index is 1.34. The van der Waals surface area contributed by atoms with Gasteiger partial charge in [-0.2, -0.15) is 0 Å². The van der Waals surface area contributed by atoms with Crippen LogP contribution in [0, 0.1) is 0 Å². The minimum Gasteiger partial charge on any atom is -0.495 e. The molecule has 0 spiro atoms. The Kier molecular flexibility index (Phi) is 6.09. The lowest BCUT2D eigenvalue weighted by Gasteiger charge is -2.12. The first-order valence-electron chi connectivity index (χ1n) is 11.5. The number of ether oxygens (including phenoxy) is 1. The number of amides is 1. The summed E-state index contributed by atoms with van der Waals surface area (Å²) in [7, 11) is -2.38. The number of nitrogens with one attached hydrogen (secondary N) is 2. The molecular weight excluding hydrogens is 454 g/mol. The van der Waals surface area contributed by atoms with Crippen molar-refractivity contribution in [3.05, 3.63) is 53.9 Å². The van der Waals surface area contributed by atoms with Gasteiger partial charge in [-0.3, -0.25) is 4.79 Å². The van der Waals surface area contributed by atoms with Gasteiger partial charge in [0.15, 0.2) is 5.82 Å². The largest absolute Gasteiger partial charge is 0.495 e. The molecule has 2 aromatic carbocycles. The van der Waals surface area contributed by atoms with Gasteiger partial charge in [-0.15, -0.1) is 10.2 Å². The Labute approximate surface area is 198 Å². The molecule has 0 bridgehead atoms. The molecule has 34 heavy (non-hydrogen) atoms. The molecule has 10 heteroatoms. The van der Waals surface area contributed by atoms with Gasteiger partial charge in [0.25, 0.3) is 5.91 Å². The third-order valence-electron chi connectivity index (χ3n) is 6.12. The van der Waals surface area contributed by atoms with Gasteiger partial charge < -0.3 is 14.6 Å². The summed E-state index contributed by atoms with van der Waals surface area (Å²) in [5.74, 6) is 1.64. The molecule has 9 nitrogen and oxygen atoms in total. The number of hydrogen-bond donors (Lipinski definition) is 2. The molecule has 1 saturated carbocycles. The van der Waals surface area contributed by atoms with Gasteiger partial charge >= 0.3 is 0 Å². The van der Waals surface area contributed by atoms with Crippen LogP contribution in [0.2, 0.25) is 0 Å². The lowest BCUT2D eigenvalue weighted by molar-refractivity contribution is 0.102. The molecule has 5 rings (SSSR count). The molecule has 178 valence electrons. The predicted molar refractivity (Wildman–Crippen MR) is 127 cm³/mol. The van der Waals surface area contributed by atoms with Gasteiger partial charge in [0, 0.05) is 35.8 Å². The quantitative estimate of drug-likeness (QED) is 0.535. The predicted octanol–water partition coefficient (Wildman–Crippen LogP) is 3.37. The maximum Gasteiger partial charge on any atom is 0.255 e. The Bertz CT molecular complexity index is 1310. The first-order chi connectivity index (χ1) is 16.4. The number of methoxy groups -OCH3 is 1. The molecule has 1 amide bonds. The normalized spacial score (nSPS) is 15.9. The maximum absolute atomic E-state index is 12.9. The Morgan fingerprint density at radius 1 is 1.06 bits per heavy atom. The van der Waals surface area contributed by atoms with Gasteiger partial charge in [0.05, 0.1) is 7.11 Å². The minimum atomic E-state index is -3.78. The first-order valence-corrected chi connectivity index (χ1v) is 13.0. The molecular formula is C24H27N5O4S. The van der Waals surface area contributed by atoms with E-state index >= 15 is 0 Å². The summed E-state index contributed by atoms with van der Waals surface area (Å²) in [5, 5.41) is 11.6. The molecule has 0 atom stereocenters. The molecule has 0 unspecified atom stereocenters. The van der Waals surface area contributed by atoms with Crippen LogP contribution in [0.5, 0.6) is 5.75 Å². The smallest absolute Gasteiger partial charge is 0.255 e. The van der Waals surface area contributed by atoms with E-state index in [9.17, 15) is 13.2 Å². The van der Waals surface area contributed by atoms with Gasteiger partial charge in [-0.25, -0.2) is 13.1 Å². The summed E-state index contributed by atoms with van der Waals surface area (Å²) >= 11 is 0. The summed E-state index contributed by atoms with van der Waals surface area (Å²) in [5.41, 5.74) is 1.76. The third kappa shape index (κ3) is 4.69. The maximum atomic E-state index is 12.9. The van der Waals surface area contributed by atoms with E-state index in [1.807, 2.05) is 12.1 Å². The molecule has 0 radical (unpaired) electrons. The fourth-order valence-electron chi connectivity index (χ4n) is 4.12. The highest BCUT2D eigenvalue weighted by Crippen LogP contribution is 2.29. The number of aryl methyl sites for hydroxylation is 1. The summed E-state index contributed by atoms with van der Waals surface area (Å²) < 4.78 is 35.5. The van der Waals surface area contributed by atoms with Crippen LogP contribution in [0.15, 0.2) is 47.4 Å². The summed E-state index contributed by atoms with van der Waals surface area (Å²) in [6, 6.07) is 11.8. The van der Waals surface area contributed by atoms with Crippen molar-refractivity contribution in [1.82, 2.24) is 19.5 Å². The fraction of sp³-hybridized carbons (Fsp3) is 0.375. The highest BCUT2D eigenvalue weighted by molar-refractivity contribution is 7.89. The van der Waals surface area contributed by atoms with Crippen LogP contribution in [-0.4, -0.2) is 42.2 Å². The highest BCUT2D eigenvalue weighted by Gasteiger charge is 2.30. The molecule has 1 aliphatic heterocycles. The van der Waals surface area contributed by atoms with Gasteiger partial charge in [0.2, 0.25) is 10.0 Å². The van der Waals surface area contributed by atoms with Crippen molar-refractivity contribution < 1.29 is 17.9 Å². The number of carbonyl (C=O) groups is 1. The Hall–Kier alpha value is -3.24. The van der Waals surface area contributed by atoms with Crippen LogP contribution >= 0.6 is 0 Å². The van der Waals surface area contributed by atoms with E-state index in [1.54, 1.807) is 18.2 Å².